The molecular weight excluding hydrogens is 527 g/mol. The van der Waals surface area contributed by atoms with Crippen LogP contribution in [-0.4, -0.2) is 44.3 Å². The lowest BCUT2D eigenvalue weighted by Gasteiger charge is -2.13. The second-order valence-corrected chi connectivity index (χ2v) is 9.25. The molecule has 0 radical (unpaired) electrons. The number of alkyl halides is 3. The molecule has 5 rings (SSSR count). The molecule has 1 aliphatic rings. The van der Waals surface area contributed by atoms with Crippen LogP contribution < -0.4 is 21.1 Å². The van der Waals surface area contributed by atoms with E-state index in [1.54, 1.807) is 19.1 Å². The highest BCUT2D eigenvalue weighted by molar-refractivity contribution is 7.13. The Hall–Kier alpha value is -4.27. The number of nitrogens with one attached hydrogen (secondary N) is 3. The van der Waals surface area contributed by atoms with Crippen molar-refractivity contribution in [2.75, 3.05) is 18.5 Å². The number of carbonyl (C=O) groups is 1. The molecule has 4 aromatic heterocycles. The Morgan fingerprint density at radius 2 is 2.05 bits per heavy atom. The number of hydrogen-bond donors (Lipinski definition) is 3. The Bertz CT molecular complexity index is 1530. The largest absolute Gasteiger partial charge is 0.477 e. The quantitative estimate of drug-likeness (QED) is 0.291. The molecule has 198 valence electrons. The van der Waals surface area contributed by atoms with Crippen LogP contribution in [0.25, 0.3) is 33.3 Å². The fourth-order valence-corrected chi connectivity index (χ4v) is 4.31. The minimum Gasteiger partial charge on any atom is -0.477 e. The van der Waals surface area contributed by atoms with Gasteiger partial charge in [-0.25, -0.2) is 29.6 Å². The number of hydrogen-bond acceptors (Lipinski definition) is 9. The Labute approximate surface area is 216 Å². The molecule has 38 heavy (non-hydrogen) atoms. The topological polar surface area (TPSA) is 148 Å². The van der Waals surface area contributed by atoms with Gasteiger partial charge in [0.1, 0.15) is 16.5 Å². The number of thiazole rings is 1. The van der Waals surface area contributed by atoms with Crippen LogP contribution in [0.4, 0.5) is 23.8 Å². The second-order valence-electron chi connectivity index (χ2n) is 8.39. The first-order valence-electron chi connectivity index (χ1n) is 11.5. The molecule has 0 aliphatic heterocycles. The summed E-state index contributed by atoms with van der Waals surface area (Å²) in [6, 6.07) is 4.05. The number of ether oxygens (including phenoxy) is 1. The number of anilines is 1. The third kappa shape index (κ3) is 5.82. The summed E-state index contributed by atoms with van der Waals surface area (Å²) in [6.45, 7) is 2.54. The van der Waals surface area contributed by atoms with Crippen molar-refractivity contribution in [2.24, 2.45) is 5.92 Å². The van der Waals surface area contributed by atoms with Crippen molar-refractivity contribution in [3.05, 3.63) is 46.0 Å². The van der Waals surface area contributed by atoms with Gasteiger partial charge in [-0.2, -0.15) is 13.2 Å². The summed E-state index contributed by atoms with van der Waals surface area (Å²) in [5, 5.41) is 12.1. The zero-order chi connectivity index (χ0) is 26.9. The van der Waals surface area contributed by atoms with E-state index in [0.717, 1.165) is 29.6 Å². The highest BCUT2D eigenvalue weighted by Gasteiger charge is 2.34. The van der Waals surface area contributed by atoms with E-state index >= 15 is 0 Å². The first-order chi connectivity index (χ1) is 18.2. The first-order valence-corrected chi connectivity index (χ1v) is 12.4. The Morgan fingerprint density at radius 3 is 2.71 bits per heavy atom. The van der Waals surface area contributed by atoms with Gasteiger partial charge in [-0.05, 0) is 43.4 Å². The maximum absolute atomic E-state index is 13.3. The van der Waals surface area contributed by atoms with E-state index in [1.165, 1.54) is 12.3 Å². The fraction of sp³-hybridized carbons (Fsp3) is 0.304. The number of H-pyrrole nitrogens is 1. The number of aromatic nitrogens is 5. The first kappa shape index (κ1) is 25.4. The van der Waals surface area contributed by atoms with Crippen LogP contribution in [0, 0.1) is 5.92 Å². The van der Waals surface area contributed by atoms with Crippen LogP contribution in [0.15, 0.2) is 39.0 Å². The average Bonchev–Trinajstić information content (AvgIpc) is 3.37. The van der Waals surface area contributed by atoms with E-state index in [0.29, 0.717) is 30.2 Å². The van der Waals surface area contributed by atoms with Crippen molar-refractivity contribution < 1.29 is 27.1 Å². The van der Waals surface area contributed by atoms with E-state index in [9.17, 15) is 22.8 Å². The van der Waals surface area contributed by atoms with Gasteiger partial charge in [0.25, 0.3) is 5.89 Å². The maximum Gasteiger partial charge on any atom is 0.434 e. The van der Waals surface area contributed by atoms with Gasteiger partial charge < -0.3 is 14.5 Å². The van der Waals surface area contributed by atoms with Gasteiger partial charge in [-0.3, -0.25) is 5.32 Å². The molecule has 3 N–H and O–H groups in total. The van der Waals surface area contributed by atoms with Crippen LogP contribution >= 0.6 is 11.3 Å². The normalized spacial score (nSPS) is 13.4. The van der Waals surface area contributed by atoms with Gasteiger partial charge in [-0.15, -0.1) is 16.4 Å². The summed E-state index contributed by atoms with van der Waals surface area (Å²) in [4.78, 5) is 36.0. The molecule has 11 nitrogen and oxygen atoms in total. The Morgan fingerprint density at radius 1 is 1.24 bits per heavy atom. The van der Waals surface area contributed by atoms with Crippen molar-refractivity contribution in [1.82, 2.24) is 30.5 Å². The molecule has 0 aromatic carbocycles. The van der Waals surface area contributed by atoms with Crippen molar-refractivity contribution in [3.63, 3.8) is 0 Å². The number of halogens is 3. The molecular formula is C23H20F3N7O4S. The minimum atomic E-state index is -4.63. The zero-order valence-corrected chi connectivity index (χ0v) is 20.6. The van der Waals surface area contributed by atoms with Gasteiger partial charge >= 0.3 is 18.0 Å². The average molecular weight is 548 g/mol. The lowest BCUT2D eigenvalue weighted by molar-refractivity contribution is -0.140. The Kier molecular flexibility index (Phi) is 6.84. The number of pyridine rings is 2. The minimum absolute atomic E-state index is 0.0544. The SMILES string of the molecule is CCNC(=O)Nc1cc(-c2nc(C(F)(F)F)cs2)c(-c2cc(OCC3CC3)nc(-c3n[nH]c(=O)o3)c2)cn1. The summed E-state index contributed by atoms with van der Waals surface area (Å²) < 4.78 is 50.9. The molecule has 4 aromatic rings. The predicted molar refractivity (Wildman–Crippen MR) is 131 cm³/mol. The van der Waals surface area contributed by atoms with Crippen molar-refractivity contribution >= 4 is 23.2 Å². The number of rotatable bonds is 8. The van der Waals surface area contributed by atoms with Gasteiger partial charge in [0.2, 0.25) is 5.88 Å². The molecule has 0 bridgehead atoms. The molecule has 1 saturated carbocycles. The lowest BCUT2D eigenvalue weighted by Crippen LogP contribution is -2.28. The Balaban J connectivity index is 1.62. The van der Waals surface area contributed by atoms with Gasteiger partial charge in [0.15, 0.2) is 5.69 Å². The summed E-state index contributed by atoms with van der Waals surface area (Å²) in [5.41, 5.74) is 0.230. The van der Waals surface area contributed by atoms with E-state index in [-0.39, 0.29) is 33.9 Å². The number of urea groups is 1. The maximum atomic E-state index is 13.3. The van der Waals surface area contributed by atoms with E-state index in [4.69, 9.17) is 9.15 Å². The molecule has 4 heterocycles. The van der Waals surface area contributed by atoms with E-state index < -0.39 is 23.7 Å². The monoisotopic (exact) mass is 547 g/mol. The van der Waals surface area contributed by atoms with E-state index in [2.05, 4.69) is 35.8 Å². The van der Waals surface area contributed by atoms with Gasteiger partial charge in [0.05, 0.1) is 6.61 Å². The van der Waals surface area contributed by atoms with Crippen molar-refractivity contribution in [2.45, 2.75) is 25.9 Å². The highest BCUT2D eigenvalue weighted by atomic mass is 32.1. The summed E-state index contributed by atoms with van der Waals surface area (Å²) in [7, 11) is 0. The molecule has 0 atom stereocenters. The van der Waals surface area contributed by atoms with Crippen LogP contribution in [0.2, 0.25) is 0 Å². The smallest absolute Gasteiger partial charge is 0.434 e. The standard InChI is InChI=1S/C23H20F3N7O4S/c1-2-27-21(34)31-17-7-13(20-30-16(10-38-20)23(24,25)26)14(8-28-17)12-5-15(19-32-33-22(35)37-19)29-18(6-12)36-9-11-3-4-11/h5-8,10-11H,2-4,9H2,1H3,(H,33,35)(H2,27,28,31,34). The lowest BCUT2D eigenvalue weighted by atomic mass is 10.0. The zero-order valence-electron chi connectivity index (χ0n) is 19.8. The fourth-order valence-electron chi connectivity index (χ4n) is 3.45. The predicted octanol–water partition coefficient (Wildman–Crippen LogP) is 4.56. The number of amides is 2. The molecule has 0 saturated heterocycles. The molecule has 1 fully saturated rings. The van der Waals surface area contributed by atoms with Crippen LogP contribution in [0.5, 0.6) is 5.88 Å². The van der Waals surface area contributed by atoms with Crippen LogP contribution in [0.1, 0.15) is 25.5 Å². The molecule has 1 aliphatic carbocycles. The third-order valence-electron chi connectivity index (χ3n) is 5.44. The van der Waals surface area contributed by atoms with Crippen LogP contribution in [0.3, 0.4) is 0 Å². The van der Waals surface area contributed by atoms with Gasteiger partial charge in [0, 0.05) is 35.3 Å². The molecule has 15 heteroatoms. The number of nitrogens with zero attached hydrogens (tertiary/aromatic N) is 4. The number of aromatic amines is 1. The second kappa shape index (κ2) is 10.2. The van der Waals surface area contributed by atoms with E-state index in [1.807, 2.05) is 0 Å². The molecule has 2 amide bonds. The van der Waals surface area contributed by atoms with Crippen molar-refractivity contribution in [1.29, 1.82) is 0 Å². The summed E-state index contributed by atoms with van der Waals surface area (Å²) >= 11 is 0.795. The highest BCUT2D eigenvalue weighted by Crippen LogP contribution is 2.40. The third-order valence-corrected chi connectivity index (χ3v) is 6.32. The van der Waals surface area contributed by atoms with Crippen molar-refractivity contribution in [3.8, 4) is 39.2 Å². The molecule has 0 unspecified atom stereocenters. The summed E-state index contributed by atoms with van der Waals surface area (Å²) in [5.74, 6) is -0.138. The molecule has 0 spiro atoms. The van der Waals surface area contributed by atoms with Gasteiger partial charge in [-0.1, -0.05) is 0 Å². The van der Waals surface area contributed by atoms with Crippen LogP contribution in [-0.2, 0) is 6.18 Å². The summed E-state index contributed by atoms with van der Waals surface area (Å²) in [6.07, 6.45) is -1.15. The number of carbonyl (C=O) groups excluding carboxylic acids is 1.